The van der Waals surface area contributed by atoms with Crippen molar-refractivity contribution in [1.82, 2.24) is 0 Å². The van der Waals surface area contributed by atoms with Crippen LogP contribution in [-0.2, 0) is 6.61 Å². The number of methoxy groups -OCH3 is 1. The van der Waals surface area contributed by atoms with Gasteiger partial charge in [-0.15, -0.1) is 0 Å². The second-order valence-corrected chi connectivity index (χ2v) is 3.04. The van der Waals surface area contributed by atoms with Crippen molar-refractivity contribution in [2.75, 3.05) is 7.11 Å². The SMILES string of the molecule is COc1c(Cl)cc(F)c(C)c1CO. The van der Waals surface area contributed by atoms with Gasteiger partial charge in [0.25, 0.3) is 0 Å². The predicted molar refractivity (Wildman–Crippen MR) is 48.6 cm³/mol. The zero-order valence-electron chi connectivity index (χ0n) is 7.40. The average molecular weight is 205 g/mol. The number of hydrogen-bond donors (Lipinski definition) is 1. The fourth-order valence-electron chi connectivity index (χ4n) is 1.15. The van der Waals surface area contributed by atoms with Gasteiger partial charge in [0.1, 0.15) is 11.6 Å². The normalized spacial score (nSPS) is 10.2. The van der Waals surface area contributed by atoms with Crippen LogP contribution in [0.3, 0.4) is 0 Å². The molecular weight excluding hydrogens is 195 g/mol. The molecule has 0 spiro atoms. The summed E-state index contributed by atoms with van der Waals surface area (Å²) in [6.45, 7) is 1.28. The lowest BCUT2D eigenvalue weighted by Gasteiger charge is -2.11. The van der Waals surface area contributed by atoms with Crippen LogP contribution in [0.25, 0.3) is 0 Å². The first-order valence-corrected chi connectivity index (χ1v) is 4.12. The lowest BCUT2D eigenvalue weighted by Crippen LogP contribution is -1.98. The Morgan fingerprint density at radius 2 is 2.23 bits per heavy atom. The summed E-state index contributed by atoms with van der Waals surface area (Å²) in [5.74, 6) is -0.0992. The van der Waals surface area contributed by atoms with E-state index in [4.69, 9.17) is 21.4 Å². The highest BCUT2D eigenvalue weighted by atomic mass is 35.5. The second-order valence-electron chi connectivity index (χ2n) is 2.64. The summed E-state index contributed by atoms with van der Waals surface area (Å²) < 4.78 is 18.0. The topological polar surface area (TPSA) is 29.5 Å². The Balaban J connectivity index is 3.41. The molecule has 0 aliphatic rings. The Labute approximate surface area is 80.9 Å². The summed E-state index contributed by atoms with van der Waals surface area (Å²) in [7, 11) is 1.43. The molecule has 1 aromatic carbocycles. The fraction of sp³-hybridized carbons (Fsp3) is 0.333. The minimum atomic E-state index is -0.435. The van der Waals surface area contributed by atoms with E-state index < -0.39 is 5.82 Å². The second kappa shape index (κ2) is 3.94. The molecule has 72 valence electrons. The zero-order chi connectivity index (χ0) is 10.0. The van der Waals surface area contributed by atoms with Crippen molar-refractivity contribution in [3.8, 4) is 5.75 Å². The van der Waals surface area contributed by atoms with Crippen molar-refractivity contribution in [3.05, 3.63) is 28.0 Å². The van der Waals surface area contributed by atoms with Crippen LogP contribution in [0.2, 0.25) is 5.02 Å². The van der Waals surface area contributed by atoms with Gasteiger partial charge in [-0.2, -0.15) is 0 Å². The summed E-state index contributed by atoms with van der Waals surface area (Å²) in [5.41, 5.74) is 0.760. The van der Waals surface area contributed by atoms with Gasteiger partial charge in [0.15, 0.2) is 0 Å². The lowest BCUT2D eigenvalue weighted by atomic mass is 10.1. The molecule has 0 aromatic heterocycles. The van der Waals surface area contributed by atoms with Crippen molar-refractivity contribution in [2.24, 2.45) is 0 Å². The Morgan fingerprint density at radius 3 is 2.69 bits per heavy atom. The standard InChI is InChI=1S/C9H10ClFO2/c1-5-6(4-12)9(13-2)7(10)3-8(5)11/h3,12H,4H2,1-2H3. The highest BCUT2D eigenvalue weighted by Gasteiger charge is 2.13. The molecule has 0 atom stereocenters. The van der Waals surface area contributed by atoms with Gasteiger partial charge < -0.3 is 9.84 Å². The van der Waals surface area contributed by atoms with Crippen molar-refractivity contribution in [1.29, 1.82) is 0 Å². The van der Waals surface area contributed by atoms with Crippen LogP contribution in [-0.4, -0.2) is 12.2 Å². The minimum absolute atomic E-state index is 0.176. The first-order chi connectivity index (χ1) is 6.11. The molecule has 1 N–H and O–H groups in total. The molecular formula is C9H10ClFO2. The van der Waals surface area contributed by atoms with Crippen LogP contribution in [0.4, 0.5) is 4.39 Å². The van der Waals surface area contributed by atoms with Crippen LogP contribution < -0.4 is 4.74 Å². The van der Waals surface area contributed by atoms with E-state index in [0.29, 0.717) is 16.9 Å². The summed E-state index contributed by atoms with van der Waals surface area (Å²) in [6.07, 6.45) is 0. The maximum Gasteiger partial charge on any atom is 0.143 e. The van der Waals surface area contributed by atoms with Gasteiger partial charge in [-0.1, -0.05) is 11.6 Å². The smallest absolute Gasteiger partial charge is 0.143 e. The summed E-state index contributed by atoms with van der Waals surface area (Å²) in [4.78, 5) is 0. The van der Waals surface area contributed by atoms with Gasteiger partial charge in [0, 0.05) is 5.56 Å². The van der Waals surface area contributed by atoms with Crippen LogP contribution >= 0.6 is 11.6 Å². The van der Waals surface area contributed by atoms with Crippen LogP contribution in [0.15, 0.2) is 6.07 Å². The van der Waals surface area contributed by atoms with Gasteiger partial charge in [-0.25, -0.2) is 4.39 Å². The third-order valence-corrected chi connectivity index (χ3v) is 2.20. The van der Waals surface area contributed by atoms with E-state index in [2.05, 4.69) is 0 Å². The molecule has 0 heterocycles. The molecule has 2 nitrogen and oxygen atoms in total. The van der Waals surface area contributed by atoms with Crippen LogP contribution in [0.5, 0.6) is 5.75 Å². The molecule has 13 heavy (non-hydrogen) atoms. The number of ether oxygens (including phenoxy) is 1. The van der Waals surface area contributed by atoms with Crippen molar-refractivity contribution in [3.63, 3.8) is 0 Å². The number of rotatable bonds is 2. The third kappa shape index (κ3) is 1.76. The van der Waals surface area contributed by atoms with Gasteiger partial charge in [-0.05, 0) is 18.6 Å². The maximum atomic E-state index is 13.1. The van der Waals surface area contributed by atoms with Gasteiger partial charge in [-0.3, -0.25) is 0 Å². The minimum Gasteiger partial charge on any atom is -0.495 e. The van der Waals surface area contributed by atoms with Crippen LogP contribution in [0, 0.1) is 12.7 Å². The first-order valence-electron chi connectivity index (χ1n) is 3.74. The van der Waals surface area contributed by atoms with Crippen molar-refractivity contribution in [2.45, 2.75) is 13.5 Å². The average Bonchev–Trinajstić information content (AvgIpc) is 2.10. The predicted octanol–water partition coefficient (Wildman–Crippen LogP) is 2.29. The molecule has 0 unspecified atom stereocenters. The molecule has 4 heteroatoms. The Bertz CT molecular complexity index is 326. The van der Waals surface area contributed by atoms with Gasteiger partial charge >= 0.3 is 0 Å². The van der Waals surface area contributed by atoms with Crippen molar-refractivity contribution < 1.29 is 14.2 Å². The maximum absolute atomic E-state index is 13.1. The zero-order valence-corrected chi connectivity index (χ0v) is 8.15. The molecule has 1 rings (SSSR count). The quantitative estimate of drug-likeness (QED) is 0.801. The molecule has 1 aromatic rings. The summed E-state index contributed by atoms with van der Waals surface area (Å²) >= 11 is 5.71. The largest absolute Gasteiger partial charge is 0.495 e. The van der Waals surface area contributed by atoms with E-state index in [0.717, 1.165) is 0 Å². The van der Waals surface area contributed by atoms with E-state index in [1.807, 2.05) is 0 Å². The Morgan fingerprint density at radius 1 is 1.62 bits per heavy atom. The molecule has 0 aliphatic carbocycles. The number of hydrogen-bond acceptors (Lipinski definition) is 2. The monoisotopic (exact) mass is 204 g/mol. The third-order valence-electron chi connectivity index (χ3n) is 1.92. The fourth-order valence-corrected chi connectivity index (χ4v) is 1.44. The van der Waals surface area contributed by atoms with E-state index in [1.165, 1.54) is 13.2 Å². The number of benzene rings is 1. The first kappa shape index (κ1) is 10.3. The number of aliphatic hydroxyl groups is 1. The lowest BCUT2D eigenvalue weighted by molar-refractivity contribution is 0.272. The van der Waals surface area contributed by atoms with E-state index in [9.17, 15) is 4.39 Å². The molecule has 0 saturated carbocycles. The number of aliphatic hydroxyl groups excluding tert-OH is 1. The van der Waals surface area contributed by atoms with Crippen molar-refractivity contribution >= 4 is 11.6 Å². The molecule has 0 fully saturated rings. The highest BCUT2D eigenvalue weighted by Crippen LogP contribution is 2.32. The Hall–Kier alpha value is -0.800. The molecule has 0 bridgehead atoms. The van der Waals surface area contributed by atoms with E-state index in [-0.39, 0.29) is 11.6 Å². The highest BCUT2D eigenvalue weighted by molar-refractivity contribution is 6.32. The van der Waals surface area contributed by atoms with E-state index >= 15 is 0 Å². The van der Waals surface area contributed by atoms with E-state index in [1.54, 1.807) is 6.92 Å². The van der Waals surface area contributed by atoms with Gasteiger partial charge in [0.2, 0.25) is 0 Å². The summed E-state index contributed by atoms with van der Waals surface area (Å²) in [6, 6.07) is 1.18. The Kier molecular flexibility index (Phi) is 3.12. The van der Waals surface area contributed by atoms with Crippen LogP contribution in [0.1, 0.15) is 11.1 Å². The molecule has 0 aliphatic heterocycles. The summed E-state index contributed by atoms with van der Waals surface area (Å²) in [5, 5.41) is 9.15. The molecule has 0 saturated heterocycles. The molecule has 0 radical (unpaired) electrons. The van der Waals surface area contributed by atoms with Gasteiger partial charge in [0.05, 0.1) is 18.7 Å². The molecule has 0 amide bonds. The number of halogens is 2.